The fraction of sp³-hybridized carbons (Fsp3) is 0.350. The molecular formula is C20H24F3N3O3S. The van der Waals surface area contributed by atoms with Gasteiger partial charge in [-0.1, -0.05) is 0 Å². The number of nitrogens with zero attached hydrogens (tertiary/aromatic N) is 2. The van der Waals surface area contributed by atoms with Crippen molar-refractivity contribution >= 4 is 27.3 Å². The van der Waals surface area contributed by atoms with E-state index in [0.29, 0.717) is 16.8 Å². The lowest BCUT2D eigenvalue weighted by Gasteiger charge is -2.20. The summed E-state index contributed by atoms with van der Waals surface area (Å²) in [6.45, 7) is 3.29. The number of alkyl halides is 3. The molecule has 0 aromatic heterocycles. The molecule has 1 N–H and O–H groups in total. The summed E-state index contributed by atoms with van der Waals surface area (Å²) in [5, 5.41) is 2.49. The molecule has 0 bridgehead atoms. The van der Waals surface area contributed by atoms with Crippen LogP contribution in [0.3, 0.4) is 0 Å². The topological polar surface area (TPSA) is 69.7 Å². The zero-order chi connectivity index (χ0) is 23.0. The van der Waals surface area contributed by atoms with Crippen LogP contribution >= 0.6 is 0 Å². The molecule has 0 saturated carbocycles. The molecule has 2 rings (SSSR count). The first kappa shape index (κ1) is 23.7. The van der Waals surface area contributed by atoms with Crippen molar-refractivity contribution < 1.29 is 26.4 Å². The van der Waals surface area contributed by atoms with Crippen molar-refractivity contribution in [3.63, 3.8) is 0 Å². The summed E-state index contributed by atoms with van der Waals surface area (Å²) in [7, 11) is 2.22. The molecule has 2 aromatic carbocycles. The molecule has 30 heavy (non-hydrogen) atoms. The van der Waals surface area contributed by atoms with Crippen LogP contribution in [0.25, 0.3) is 0 Å². The van der Waals surface area contributed by atoms with E-state index in [9.17, 15) is 26.4 Å². The van der Waals surface area contributed by atoms with Gasteiger partial charge in [-0.2, -0.15) is 13.2 Å². The first-order chi connectivity index (χ1) is 13.7. The van der Waals surface area contributed by atoms with Crippen LogP contribution in [0, 0.1) is 13.8 Å². The number of anilines is 2. The van der Waals surface area contributed by atoms with Crippen molar-refractivity contribution in [1.82, 2.24) is 4.31 Å². The molecule has 0 unspecified atom stereocenters. The van der Waals surface area contributed by atoms with Crippen LogP contribution in [0.4, 0.5) is 24.5 Å². The summed E-state index contributed by atoms with van der Waals surface area (Å²) < 4.78 is 65.6. The maximum atomic E-state index is 13.1. The van der Waals surface area contributed by atoms with Crippen molar-refractivity contribution in [1.29, 1.82) is 0 Å². The Labute approximate surface area is 174 Å². The minimum atomic E-state index is -4.57. The van der Waals surface area contributed by atoms with Crippen molar-refractivity contribution in [3.8, 4) is 0 Å². The smallest absolute Gasteiger partial charge is 0.376 e. The fourth-order valence-electron chi connectivity index (χ4n) is 2.82. The van der Waals surface area contributed by atoms with Gasteiger partial charge in [-0.05, 0) is 55.3 Å². The van der Waals surface area contributed by atoms with Gasteiger partial charge in [-0.15, -0.1) is 0 Å². The SMILES string of the molecule is Cc1cc(C(=O)Nc2cc(C(F)(F)F)ccc2N(C)C)cc(S(=O)(=O)N(C)C)c1C. The van der Waals surface area contributed by atoms with E-state index in [0.717, 1.165) is 16.4 Å². The van der Waals surface area contributed by atoms with Gasteiger partial charge in [0.1, 0.15) is 0 Å². The predicted octanol–water partition coefficient (Wildman–Crippen LogP) is 3.89. The Bertz CT molecular complexity index is 1080. The molecule has 2 aromatic rings. The maximum absolute atomic E-state index is 13.1. The van der Waals surface area contributed by atoms with E-state index in [1.54, 1.807) is 32.8 Å². The van der Waals surface area contributed by atoms with E-state index in [-0.39, 0.29) is 16.1 Å². The molecule has 0 fully saturated rings. The lowest BCUT2D eigenvalue weighted by atomic mass is 10.1. The van der Waals surface area contributed by atoms with Gasteiger partial charge in [0.15, 0.2) is 0 Å². The lowest BCUT2D eigenvalue weighted by molar-refractivity contribution is -0.137. The van der Waals surface area contributed by atoms with Gasteiger partial charge in [0.05, 0.1) is 21.8 Å². The molecule has 0 saturated heterocycles. The monoisotopic (exact) mass is 443 g/mol. The Balaban J connectivity index is 2.55. The Morgan fingerprint density at radius 3 is 2.10 bits per heavy atom. The van der Waals surface area contributed by atoms with E-state index >= 15 is 0 Å². The van der Waals surface area contributed by atoms with Crippen molar-refractivity contribution in [2.75, 3.05) is 38.4 Å². The van der Waals surface area contributed by atoms with Crippen molar-refractivity contribution in [2.45, 2.75) is 24.9 Å². The van der Waals surface area contributed by atoms with E-state index in [1.165, 1.54) is 32.3 Å². The van der Waals surface area contributed by atoms with E-state index in [4.69, 9.17) is 0 Å². The third kappa shape index (κ3) is 4.76. The number of benzene rings is 2. The highest BCUT2D eigenvalue weighted by atomic mass is 32.2. The zero-order valence-electron chi connectivity index (χ0n) is 17.5. The summed E-state index contributed by atoms with van der Waals surface area (Å²) in [6, 6.07) is 5.79. The number of amides is 1. The first-order valence-corrected chi connectivity index (χ1v) is 10.3. The molecule has 0 aliphatic carbocycles. The number of halogens is 3. The molecule has 0 aliphatic heterocycles. The average molecular weight is 443 g/mol. The molecule has 10 heteroatoms. The third-order valence-corrected chi connectivity index (χ3v) is 6.64. The molecule has 6 nitrogen and oxygen atoms in total. The highest BCUT2D eigenvalue weighted by molar-refractivity contribution is 7.89. The summed E-state index contributed by atoms with van der Waals surface area (Å²) in [6.07, 6.45) is -4.57. The van der Waals surface area contributed by atoms with E-state index < -0.39 is 27.7 Å². The molecule has 164 valence electrons. The summed E-state index contributed by atoms with van der Waals surface area (Å²) >= 11 is 0. The molecule has 1 amide bonds. The van der Waals surface area contributed by atoms with Gasteiger partial charge in [0, 0.05) is 33.8 Å². The van der Waals surface area contributed by atoms with Crippen LogP contribution in [-0.4, -0.2) is 46.8 Å². The summed E-state index contributed by atoms with van der Waals surface area (Å²) in [5.41, 5.74) is 0.532. The van der Waals surface area contributed by atoms with Gasteiger partial charge in [0.2, 0.25) is 10.0 Å². The molecule has 0 atom stereocenters. The molecule has 0 heterocycles. The Kier molecular flexibility index (Phi) is 6.53. The highest BCUT2D eigenvalue weighted by Crippen LogP contribution is 2.35. The number of carbonyl (C=O) groups is 1. The van der Waals surface area contributed by atoms with Gasteiger partial charge in [-0.25, -0.2) is 12.7 Å². The number of hydrogen-bond acceptors (Lipinski definition) is 4. The number of nitrogens with one attached hydrogen (secondary N) is 1. The fourth-order valence-corrected chi connectivity index (χ4v) is 4.04. The number of sulfonamides is 1. The quantitative estimate of drug-likeness (QED) is 0.761. The third-order valence-electron chi connectivity index (χ3n) is 4.69. The Hall–Kier alpha value is -2.59. The van der Waals surface area contributed by atoms with E-state index in [1.807, 2.05) is 0 Å². The van der Waals surface area contributed by atoms with E-state index in [2.05, 4.69) is 5.32 Å². The predicted molar refractivity (Wildman–Crippen MR) is 111 cm³/mol. The second-order valence-corrected chi connectivity index (χ2v) is 9.40. The summed E-state index contributed by atoms with van der Waals surface area (Å²) in [4.78, 5) is 14.4. The number of aryl methyl sites for hydroxylation is 1. The van der Waals surface area contributed by atoms with Crippen LogP contribution < -0.4 is 10.2 Å². The average Bonchev–Trinajstić information content (AvgIpc) is 2.62. The number of carbonyl (C=O) groups excluding carboxylic acids is 1. The Morgan fingerprint density at radius 1 is 1.00 bits per heavy atom. The maximum Gasteiger partial charge on any atom is 0.416 e. The minimum Gasteiger partial charge on any atom is -0.376 e. The molecule has 0 spiro atoms. The van der Waals surface area contributed by atoms with Crippen LogP contribution in [0.2, 0.25) is 0 Å². The zero-order valence-corrected chi connectivity index (χ0v) is 18.4. The van der Waals surface area contributed by atoms with Crippen molar-refractivity contribution in [3.05, 3.63) is 52.6 Å². The first-order valence-electron chi connectivity index (χ1n) is 8.90. The van der Waals surface area contributed by atoms with Crippen LogP contribution in [0.1, 0.15) is 27.0 Å². The van der Waals surface area contributed by atoms with Gasteiger partial charge < -0.3 is 10.2 Å². The van der Waals surface area contributed by atoms with Crippen LogP contribution in [0.5, 0.6) is 0 Å². The normalized spacial score (nSPS) is 12.2. The lowest BCUT2D eigenvalue weighted by Crippen LogP contribution is -2.24. The number of hydrogen-bond donors (Lipinski definition) is 1. The second-order valence-electron chi connectivity index (χ2n) is 7.28. The largest absolute Gasteiger partial charge is 0.416 e. The second kappa shape index (κ2) is 8.27. The molecule has 0 aliphatic rings. The van der Waals surface area contributed by atoms with Gasteiger partial charge >= 0.3 is 6.18 Å². The Morgan fingerprint density at radius 2 is 1.60 bits per heavy atom. The van der Waals surface area contributed by atoms with Gasteiger partial charge in [-0.3, -0.25) is 4.79 Å². The standard InChI is InChI=1S/C20H24F3N3O3S/c1-12-9-14(10-18(13(12)2)30(28,29)26(5)6)19(27)24-16-11-15(20(21,22)23)7-8-17(16)25(3)4/h7-11H,1-6H3,(H,24,27). The summed E-state index contributed by atoms with van der Waals surface area (Å²) in [5.74, 6) is -0.712. The number of rotatable bonds is 5. The van der Waals surface area contributed by atoms with Crippen LogP contribution in [0.15, 0.2) is 35.2 Å². The van der Waals surface area contributed by atoms with Crippen molar-refractivity contribution in [2.24, 2.45) is 0 Å². The molecule has 0 radical (unpaired) electrons. The molecular weight excluding hydrogens is 419 g/mol. The van der Waals surface area contributed by atoms with Crippen LogP contribution in [-0.2, 0) is 16.2 Å². The van der Waals surface area contributed by atoms with Gasteiger partial charge in [0.25, 0.3) is 5.91 Å². The minimum absolute atomic E-state index is 0.0284. The highest BCUT2D eigenvalue weighted by Gasteiger charge is 2.31.